The SMILES string of the molecule is CCC(C)N1CC(C(=O)N(C)C2CCS(=O)(=O)C2)CC1=O. The van der Waals surface area contributed by atoms with Crippen molar-refractivity contribution in [2.24, 2.45) is 5.92 Å². The van der Waals surface area contributed by atoms with Crippen LogP contribution in [-0.2, 0) is 19.4 Å². The maximum atomic E-state index is 12.5. The van der Waals surface area contributed by atoms with Crippen LogP contribution in [0, 0.1) is 5.92 Å². The lowest BCUT2D eigenvalue weighted by Crippen LogP contribution is -2.42. The molecular weight excluding hydrogens is 292 g/mol. The van der Waals surface area contributed by atoms with Crippen LogP contribution in [0.1, 0.15) is 33.1 Å². The monoisotopic (exact) mass is 316 g/mol. The Kier molecular flexibility index (Phi) is 4.60. The van der Waals surface area contributed by atoms with Crippen LogP contribution in [0.2, 0.25) is 0 Å². The Morgan fingerprint density at radius 2 is 2.14 bits per heavy atom. The third kappa shape index (κ3) is 3.39. The average molecular weight is 316 g/mol. The van der Waals surface area contributed by atoms with Crippen molar-refractivity contribution in [3.63, 3.8) is 0 Å². The van der Waals surface area contributed by atoms with E-state index in [0.29, 0.717) is 13.0 Å². The van der Waals surface area contributed by atoms with Gasteiger partial charge in [0.25, 0.3) is 0 Å². The molecule has 6 nitrogen and oxygen atoms in total. The lowest BCUT2D eigenvalue weighted by molar-refractivity contribution is -0.136. The molecule has 7 heteroatoms. The topological polar surface area (TPSA) is 74.8 Å². The molecule has 2 amide bonds. The summed E-state index contributed by atoms with van der Waals surface area (Å²) in [5, 5.41) is 0. The minimum absolute atomic E-state index is 0.0233. The van der Waals surface area contributed by atoms with Gasteiger partial charge < -0.3 is 9.80 Å². The lowest BCUT2D eigenvalue weighted by Gasteiger charge is -2.27. The molecular formula is C14H24N2O4S. The van der Waals surface area contributed by atoms with E-state index in [1.165, 1.54) is 0 Å². The summed E-state index contributed by atoms with van der Waals surface area (Å²) in [6.07, 6.45) is 1.61. The molecule has 2 heterocycles. The van der Waals surface area contributed by atoms with Gasteiger partial charge in [0, 0.05) is 32.1 Å². The van der Waals surface area contributed by atoms with E-state index in [2.05, 4.69) is 0 Å². The minimum atomic E-state index is -3.01. The largest absolute Gasteiger partial charge is 0.341 e. The maximum absolute atomic E-state index is 12.5. The molecule has 2 aliphatic heterocycles. The summed E-state index contributed by atoms with van der Waals surface area (Å²) in [5.41, 5.74) is 0. The Morgan fingerprint density at radius 1 is 1.48 bits per heavy atom. The van der Waals surface area contributed by atoms with Crippen molar-refractivity contribution in [3.05, 3.63) is 0 Å². The van der Waals surface area contributed by atoms with Crippen molar-refractivity contribution in [2.75, 3.05) is 25.1 Å². The van der Waals surface area contributed by atoms with Gasteiger partial charge in [-0.15, -0.1) is 0 Å². The number of likely N-dealkylation sites (tertiary alicyclic amines) is 1. The second-order valence-corrected chi connectivity index (χ2v) is 8.44. The number of nitrogens with zero attached hydrogens (tertiary/aromatic N) is 2. The van der Waals surface area contributed by atoms with E-state index in [0.717, 1.165) is 6.42 Å². The standard InChI is InChI=1S/C14H24N2O4S/c1-4-10(2)16-8-11(7-13(16)17)14(18)15(3)12-5-6-21(19,20)9-12/h10-12H,4-9H2,1-3H3. The van der Waals surface area contributed by atoms with E-state index in [-0.39, 0.29) is 47.7 Å². The maximum Gasteiger partial charge on any atom is 0.228 e. The van der Waals surface area contributed by atoms with E-state index in [1.54, 1.807) is 16.8 Å². The van der Waals surface area contributed by atoms with Crippen molar-refractivity contribution >= 4 is 21.7 Å². The lowest BCUT2D eigenvalue weighted by atomic mass is 10.1. The summed E-state index contributed by atoms with van der Waals surface area (Å²) in [6.45, 7) is 4.46. The number of carbonyl (C=O) groups excluding carboxylic acids is 2. The van der Waals surface area contributed by atoms with Crippen molar-refractivity contribution in [3.8, 4) is 0 Å². The quantitative estimate of drug-likeness (QED) is 0.746. The highest BCUT2D eigenvalue weighted by Gasteiger charge is 2.40. The highest BCUT2D eigenvalue weighted by Crippen LogP contribution is 2.25. The van der Waals surface area contributed by atoms with Gasteiger partial charge in [-0.2, -0.15) is 0 Å². The molecule has 0 radical (unpaired) electrons. The number of hydrogen-bond acceptors (Lipinski definition) is 4. The van der Waals surface area contributed by atoms with Crippen LogP contribution < -0.4 is 0 Å². The Morgan fingerprint density at radius 3 is 2.67 bits per heavy atom. The van der Waals surface area contributed by atoms with E-state index in [1.807, 2.05) is 13.8 Å². The van der Waals surface area contributed by atoms with Crippen molar-refractivity contribution in [1.82, 2.24) is 9.80 Å². The Balaban J connectivity index is 2.00. The molecule has 0 spiro atoms. The summed E-state index contributed by atoms with van der Waals surface area (Å²) < 4.78 is 23.0. The predicted molar refractivity (Wildman–Crippen MR) is 79.4 cm³/mol. The van der Waals surface area contributed by atoms with Crippen LogP contribution in [0.4, 0.5) is 0 Å². The minimum Gasteiger partial charge on any atom is -0.341 e. The number of hydrogen-bond donors (Lipinski definition) is 0. The summed E-state index contributed by atoms with van der Waals surface area (Å²) in [6, 6.07) is -0.0947. The normalized spacial score (nSPS) is 29.7. The molecule has 0 N–H and O–H groups in total. The molecule has 0 aromatic heterocycles. The van der Waals surface area contributed by atoms with Crippen LogP contribution in [0.3, 0.4) is 0 Å². The number of amides is 2. The molecule has 120 valence electrons. The Bertz CT molecular complexity index is 531. The van der Waals surface area contributed by atoms with Gasteiger partial charge >= 0.3 is 0 Å². The molecule has 0 aromatic carbocycles. The first kappa shape index (κ1) is 16.3. The number of carbonyl (C=O) groups is 2. The molecule has 0 saturated carbocycles. The Labute approximate surface area is 126 Å². The van der Waals surface area contributed by atoms with Crippen LogP contribution >= 0.6 is 0 Å². The zero-order valence-corrected chi connectivity index (χ0v) is 13.7. The molecule has 2 saturated heterocycles. The molecule has 21 heavy (non-hydrogen) atoms. The van der Waals surface area contributed by atoms with Crippen LogP contribution in [0.5, 0.6) is 0 Å². The first-order chi connectivity index (χ1) is 9.75. The van der Waals surface area contributed by atoms with Crippen LogP contribution in [-0.4, -0.2) is 67.2 Å². The molecule has 2 fully saturated rings. The fourth-order valence-electron chi connectivity index (χ4n) is 3.09. The van der Waals surface area contributed by atoms with Gasteiger partial charge in [0.1, 0.15) is 0 Å². The summed E-state index contributed by atoms with van der Waals surface area (Å²) in [5.74, 6) is -0.214. The zero-order chi connectivity index (χ0) is 15.8. The zero-order valence-electron chi connectivity index (χ0n) is 12.9. The predicted octanol–water partition coefficient (Wildman–Crippen LogP) is 0.279. The van der Waals surface area contributed by atoms with Gasteiger partial charge in [-0.25, -0.2) is 8.42 Å². The van der Waals surface area contributed by atoms with Crippen molar-refractivity contribution < 1.29 is 18.0 Å². The highest BCUT2D eigenvalue weighted by molar-refractivity contribution is 7.91. The summed E-state index contributed by atoms with van der Waals surface area (Å²) in [7, 11) is -1.35. The molecule has 2 aliphatic rings. The highest BCUT2D eigenvalue weighted by atomic mass is 32.2. The fourth-order valence-corrected chi connectivity index (χ4v) is 4.87. The van der Waals surface area contributed by atoms with Gasteiger partial charge in [-0.05, 0) is 19.8 Å². The second kappa shape index (κ2) is 5.94. The molecule has 0 aromatic rings. The molecule has 2 rings (SSSR count). The smallest absolute Gasteiger partial charge is 0.228 e. The van der Waals surface area contributed by atoms with E-state index in [4.69, 9.17) is 0 Å². The molecule has 3 unspecified atom stereocenters. The summed E-state index contributed by atoms with van der Waals surface area (Å²) >= 11 is 0. The average Bonchev–Trinajstić information content (AvgIpc) is 2.99. The first-order valence-electron chi connectivity index (χ1n) is 7.51. The third-order valence-corrected chi connectivity index (χ3v) is 6.48. The molecule has 3 atom stereocenters. The van der Waals surface area contributed by atoms with E-state index < -0.39 is 9.84 Å². The first-order valence-corrected chi connectivity index (χ1v) is 9.34. The Hall–Kier alpha value is -1.11. The number of rotatable bonds is 4. The van der Waals surface area contributed by atoms with Gasteiger partial charge in [-0.3, -0.25) is 9.59 Å². The molecule has 0 bridgehead atoms. The van der Waals surface area contributed by atoms with Gasteiger partial charge in [0.2, 0.25) is 11.8 Å². The number of sulfone groups is 1. The second-order valence-electron chi connectivity index (χ2n) is 6.21. The fraction of sp³-hybridized carbons (Fsp3) is 0.857. The van der Waals surface area contributed by atoms with Crippen molar-refractivity contribution in [2.45, 2.75) is 45.2 Å². The van der Waals surface area contributed by atoms with Crippen LogP contribution in [0.15, 0.2) is 0 Å². The van der Waals surface area contributed by atoms with E-state index >= 15 is 0 Å². The molecule has 0 aliphatic carbocycles. The van der Waals surface area contributed by atoms with Gasteiger partial charge in [0.15, 0.2) is 9.84 Å². The van der Waals surface area contributed by atoms with Crippen molar-refractivity contribution in [1.29, 1.82) is 0 Å². The van der Waals surface area contributed by atoms with Gasteiger partial charge in [0.05, 0.1) is 17.4 Å². The van der Waals surface area contributed by atoms with Crippen LogP contribution in [0.25, 0.3) is 0 Å². The van der Waals surface area contributed by atoms with Gasteiger partial charge in [-0.1, -0.05) is 6.92 Å². The summed E-state index contributed by atoms with van der Waals surface area (Å²) in [4.78, 5) is 27.8. The van der Waals surface area contributed by atoms with E-state index in [9.17, 15) is 18.0 Å². The third-order valence-electron chi connectivity index (χ3n) is 4.73.